The van der Waals surface area contributed by atoms with Crippen LogP contribution in [-0.2, 0) is 4.79 Å². The number of carbonyl (C=O) groups excluding carboxylic acids is 1. The van der Waals surface area contributed by atoms with Gasteiger partial charge in [-0.05, 0) is 86.9 Å². The average Bonchev–Trinajstić information content (AvgIpc) is 2.98. The fourth-order valence-corrected chi connectivity index (χ4v) is 8.50. The van der Waals surface area contributed by atoms with E-state index in [-0.39, 0.29) is 34.4 Å². The van der Waals surface area contributed by atoms with Crippen LogP contribution >= 0.6 is 0 Å². The van der Waals surface area contributed by atoms with Gasteiger partial charge in [-0.2, -0.15) is 0 Å². The van der Waals surface area contributed by atoms with Crippen molar-refractivity contribution in [1.29, 1.82) is 0 Å². The van der Waals surface area contributed by atoms with E-state index in [1.807, 2.05) is 0 Å². The van der Waals surface area contributed by atoms with Crippen molar-refractivity contribution in [3.63, 3.8) is 0 Å². The van der Waals surface area contributed by atoms with Crippen molar-refractivity contribution in [3.8, 4) is 24.7 Å². The summed E-state index contributed by atoms with van der Waals surface area (Å²) in [6.07, 6.45) is 18.1. The van der Waals surface area contributed by atoms with Crippen LogP contribution in [0.3, 0.4) is 0 Å². The largest absolute Gasteiger partial charge is 0.378 e. The molecule has 4 aliphatic rings. The Morgan fingerprint density at radius 1 is 1.00 bits per heavy atom. The van der Waals surface area contributed by atoms with E-state index in [9.17, 15) is 15.0 Å². The van der Waals surface area contributed by atoms with E-state index in [0.717, 1.165) is 32.1 Å². The Labute approximate surface area is 169 Å². The van der Waals surface area contributed by atoms with Gasteiger partial charge in [0.2, 0.25) is 0 Å². The van der Waals surface area contributed by atoms with Crippen molar-refractivity contribution in [2.45, 2.75) is 83.3 Å². The number of Topliss-reactive ketones (excluding diaryl/α,β-unsaturated/α-hetero) is 1. The number of fused-ring (bicyclic) bond motifs is 5. The zero-order chi connectivity index (χ0) is 20.5. The van der Waals surface area contributed by atoms with Gasteiger partial charge in [0, 0.05) is 11.8 Å². The maximum atomic E-state index is 12.4. The van der Waals surface area contributed by atoms with Crippen molar-refractivity contribution in [2.24, 2.45) is 40.4 Å². The SMILES string of the molecule is C#C[C@@]1(O)CC[C@@]2(C)[C@H](CC[C@H]3[C@@H]4CC[C@H](C(C)=O)[C@@]4(C)C[C@@](O)(C#C)[C@@H]32)C1. The van der Waals surface area contributed by atoms with Crippen LogP contribution in [0.2, 0.25) is 0 Å². The Balaban J connectivity index is 1.76. The highest BCUT2D eigenvalue weighted by atomic mass is 16.3. The first-order chi connectivity index (χ1) is 13.0. The lowest BCUT2D eigenvalue weighted by molar-refractivity contribution is -0.208. The maximum absolute atomic E-state index is 12.4. The molecule has 0 aliphatic heterocycles. The molecule has 0 spiro atoms. The summed E-state index contributed by atoms with van der Waals surface area (Å²) in [6.45, 7) is 6.16. The summed E-state index contributed by atoms with van der Waals surface area (Å²) in [5.74, 6) is 6.72. The summed E-state index contributed by atoms with van der Waals surface area (Å²) >= 11 is 0. The lowest BCUT2D eigenvalue weighted by Gasteiger charge is -2.65. The fraction of sp³-hybridized carbons (Fsp3) is 0.800. The lowest BCUT2D eigenvalue weighted by Crippen LogP contribution is -2.65. The van der Waals surface area contributed by atoms with Crippen molar-refractivity contribution < 1.29 is 15.0 Å². The van der Waals surface area contributed by atoms with E-state index in [1.165, 1.54) is 0 Å². The summed E-state index contributed by atoms with van der Waals surface area (Å²) in [5, 5.41) is 22.6. The number of terminal acetylenes is 2. The summed E-state index contributed by atoms with van der Waals surface area (Å²) in [4.78, 5) is 12.4. The average molecular weight is 383 g/mol. The molecule has 0 saturated heterocycles. The van der Waals surface area contributed by atoms with Gasteiger partial charge in [0.1, 0.15) is 17.0 Å². The second-order valence-corrected chi connectivity index (χ2v) is 10.9. The molecule has 28 heavy (non-hydrogen) atoms. The van der Waals surface area contributed by atoms with Crippen LogP contribution in [0.5, 0.6) is 0 Å². The number of hydrogen-bond donors (Lipinski definition) is 2. The standard InChI is InChI=1S/C25H34O3/c1-6-24(27)13-12-22(4)17(14-24)8-9-18-20-11-10-19(16(3)26)23(20,5)15-25(28,7-2)21(18)22/h1-2,17-21,27-28H,8-15H2,3-5H3/t17-,18+,19-,20+,21+,22+,23-,24-,25+/m1/s1. The monoisotopic (exact) mass is 382 g/mol. The molecule has 0 bridgehead atoms. The number of hydrogen-bond acceptors (Lipinski definition) is 3. The van der Waals surface area contributed by atoms with Gasteiger partial charge in [0.15, 0.2) is 0 Å². The molecule has 3 nitrogen and oxygen atoms in total. The first-order valence-corrected chi connectivity index (χ1v) is 10.9. The molecular weight excluding hydrogens is 348 g/mol. The summed E-state index contributed by atoms with van der Waals surface area (Å²) in [5.41, 5.74) is -2.57. The van der Waals surface area contributed by atoms with E-state index in [1.54, 1.807) is 6.92 Å². The predicted molar refractivity (Wildman–Crippen MR) is 109 cm³/mol. The van der Waals surface area contributed by atoms with Gasteiger partial charge in [-0.3, -0.25) is 4.79 Å². The molecule has 4 fully saturated rings. The van der Waals surface area contributed by atoms with Crippen LogP contribution in [0.4, 0.5) is 0 Å². The number of aliphatic hydroxyl groups is 2. The fourth-order valence-electron chi connectivity index (χ4n) is 8.50. The maximum Gasteiger partial charge on any atom is 0.133 e. The van der Waals surface area contributed by atoms with Crippen LogP contribution < -0.4 is 0 Å². The Hall–Kier alpha value is -1.29. The molecule has 0 heterocycles. The molecule has 0 aromatic rings. The van der Waals surface area contributed by atoms with Crippen molar-refractivity contribution >= 4 is 5.78 Å². The first kappa shape index (κ1) is 20.0. The van der Waals surface area contributed by atoms with Gasteiger partial charge in [-0.15, -0.1) is 12.8 Å². The third kappa shape index (κ3) is 2.49. The lowest BCUT2D eigenvalue weighted by atomic mass is 9.40. The molecule has 9 atom stereocenters. The third-order valence-electron chi connectivity index (χ3n) is 9.68. The van der Waals surface area contributed by atoms with Gasteiger partial charge in [0.05, 0.1) is 0 Å². The Kier molecular flexibility index (Phi) is 4.36. The van der Waals surface area contributed by atoms with E-state index in [4.69, 9.17) is 12.8 Å². The predicted octanol–water partition coefficient (Wildman–Crippen LogP) is 3.57. The quantitative estimate of drug-likeness (QED) is 0.682. The van der Waals surface area contributed by atoms with E-state index in [2.05, 4.69) is 25.7 Å². The van der Waals surface area contributed by atoms with E-state index >= 15 is 0 Å². The number of ketones is 1. The van der Waals surface area contributed by atoms with Crippen molar-refractivity contribution in [2.75, 3.05) is 0 Å². The highest BCUT2D eigenvalue weighted by Gasteiger charge is 2.68. The molecule has 3 heteroatoms. The normalized spacial score (nSPS) is 55.2. The minimum absolute atomic E-state index is 0.00161. The van der Waals surface area contributed by atoms with Crippen molar-refractivity contribution in [1.82, 2.24) is 0 Å². The van der Waals surface area contributed by atoms with Gasteiger partial charge in [0.25, 0.3) is 0 Å². The van der Waals surface area contributed by atoms with Gasteiger partial charge in [-0.1, -0.05) is 25.7 Å². The molecular formula is C25H34O3. The molecule has 4 aliphatic carbocycles. The Morgan fingerprint density at radius 3 is 2.32 bits per heavy atom. The molecule has 152 valence electrons. The molecule has 4 rings (SSSR count). The smallest absolute Gasteiger partial charge is 0.133 e. The van der Waals surface area contributed by atoms with Crippen LogP contribution in [0.15, 0.2) is 0 Å². The van der Waals surface area contributed by atoms with Crippen LogP contribution in [0.1, 0.15) is 72.1 Å². The van der Waals surface area contributed by atoms with E-state index in [0.29, 0.717) is 31.1 Å². The Bertz CT molecular complexity index is 774. The minimum atomic E-state index is -1.20. The van der Waals surface area contributed by atoms with Crippen LogP contribution in [0.25, 0.3) is 0 Å². The third-order valence-corrected chi connectivity index (χ3v) is 9.68. The molecule has 0 unspecified atom stereocenters. The van der Waals surface area contributed by atoms with E-state index < -0.39 is 11.2 Å². The molecule has 0 aromatic heterocycles. The highest BCUT2D eigenvalue weighted by molar-refractivity contribution is 5.79. The topological polar surface area (TPSA) is 57.5 Å². The number of carbonyl (C=O) groups is 1. The summed E-state index contributed by atoms with van der Waals surface area (Å²) in [6, 6.07) is 0. The van der Waals surface area contributed by atoms with Gasteiger partial charge in [-0.25, -0.2) is 0 Å². The molecule has 0 aromatic carbocycles. The molecule has 4 saturated carbocycles. The first-order valence-electron chi connectivity index (χ1n) is 10.9. The van der Waals surface area contributed by atoms with Crippen LogP contribution in [0, 0.1) is 65.1 Å². The summed E-state index contributed by atoms with van der Waals surface area (Å²) < 4.78 is 0. The van der Waals surface area contributed by atoms with Crippen molar-refractivity contribution in [3.05, 3.63) is 0 Å². The highest BCUT2D eigenvalue weighted by Crippen LogP contribution is 2.70. The molecule has 0 amide bonds. The van der Waals surface area contributed by atoms with Gasteiger partial charge >= 0.3 is 0 Å². The molecule has 0 radical (unpaired) electrons. The zero-order valence-corrected chi connectivity index (χ0v) is 17.5. The second-order valence-electron chi connectivity index (χ2n) is 10.9. The minimum Gasteiger partial charge on any atom is -0.378 e. The summed E-state index contributed by atoms with van der Waals surface area (Å²) in [7, 11) is 0. The molecule has 2 N–H and O–H groups in total. The number of rotatable bonds is 1. The van der Waals surface area contributed by atoms with Gasteiger partial charge < -0.3 is 10.2 Å². The van der Waals surface area contributed by atoms with Crippen LogP contribution in [-0.4, -0.2) is 27.2 Å². The second kappa shape index (κ2) is 6.10. The zero-order valence-electron chi connectivity index (χ0n) is 17.5. The Morgan fingerprint density at radius 2 is 1.71 bits per heavy atom.